The van der Waals surface area contributed by atoms with Gasteiger partial charge in [0.05, 0.1) is 17.7 Å². The highest BCUT2D eigenvalue weighted by atomic mass is 16.2. The quantitative estimate of drug-likeness (QED) is 0.608. The van der Waals surface area contributed by atoms with E-state index in [1.165, 1.54) is 26.2 Å². The van der Waals surface area contributed by atoms with Gasteiger partial charge in [-0.2, -0.15) is 0 Å². The van der Waals surface area contributed by atoms with Gasteiger partial charge in [0.2, 0.25) is 11.8 Å². The van der Waals surface area contributed by atoms with E-state index in [-0.39, 0.29) is 29.8 Å². The van der Waals surface area contributed by atoms with E-state index in [9.17, 15) is 14.4 Å². The summed E-state index contributed by atoms with van der Waals surface area (Å²) in [5.41, 5.74) is 0.933. The van der Waals surface area contributed by atoms with Gasteiger partial charge in [-0.3, -0.25) is 14.4 Å². The summed E-state index contributed by atoms with van der Waals surface area (Å²) in [5, 5.41) is 7.11. The number of amides is 3. The van der Waals surface area contributed by atoms with Crippen molar-refractivity contribution in [3.63, 3.8) is 0 Å². The van der Waals surface area contributed by atoms with Crippen molar-refractivity contribution in [2.45, 2.75) is 109 Å². The van der Waals surface area contributed by atoms with Crippen LogP contribution in [-0.4, -0.2) is 44.8 Å². The third-order valence-corrected chi connectivity index (χ3v) is 8.31. The molecule has 7 nitrogen and oxygen atoms in total. The van der Waals surface area contributed by atoms with Crippen LogP contribution in [0, 0.1) is 0 Å². The number of carbonyl (C=O) groups excluding carboxylic acids is 3. The first-order valence-electron chi connectivity index (χ1n) is 13.4. The summed E-state index contributed by atoms with van der Waals surface area (Å²) in [6, 6.07) is 7.96. The number of benzene rings is 1. The van der Waals surface area contributed by atoms with E-state index < -0.39 is 5.54 Å². The Morgan fingerprint density at radius 1 is 0.943 bits per heavy atom. The first-order chi connectivity index (χ1) is 16.9. The van der Waals surface area contributed by atoms with Crippen LogP contribution in [-0.2, 0) is 16.1 Å². The molecule has 1 atom stereocenters. The number of fused-ring (bicyclic) bond motifs is 3. The number of rotatable bonds is 4. The zero-order chi connectivity index (χ0) is 24.6. The number of para-hydroxylation sites is 1. The van der Waals surface area contributed by atoms with Crippen LogP contribution in [0.15, 0.2) is 24.3 Å². The molecule has 0 saturated heterocycles. The van der Waals surface area contributed by atoms with Gasteiger partial charge in [0, 0.05) is 24.4 Å². The first-order valence-corrected chi connectivity index (χ1v) is 13.4. The second-order valence-electron chi connectivity index (χ2n) is 10.9. The van der Waals surface area contributed by atoms with Gasteiger partial charge in [0.25, 0.3) is 5.91 Å². The normalized spacial score (nSPS) is 24.2. The van der Waals surface area contributed by atoms with Crippen LogP contribution in [0.2, 0.25) is 0 Å². The molecule has 1 unspecified atom stereocenters. The van der Waals surface area contributed by atoms with E-state index in [0.29, 0.717) is 17.9 Å². The highest BCUT2D eigenvalue weighted by molar-refractivity contribution is 6.14. The summed E-state index contributed by atoms with van der Waals surface area (Å²) < 4.78 is 1.97. The molecule has 3 aliphatic rings. The molecule has 2 N–H and O–H groups in total. The van der Waals surface area contributed by atoms with E-state index >= 15 is 0 Å². The van der Waals surface area contributed by atoms with E-state index in [4.69, 9.17) is 0 Å². The summed E-state index contributed by atoms with van der Waals surface area (Å²) in [5.74, 6) is -0.405. The van der Waals surface area contributed by atoms with Gasteiger partial charge in [-0.15, -0.1) is 0 Å². The van der Waals surface area contributed by atoms with Crippen molar-refractivity contribution < 1.29 is 14.4 Å². The van der Waals surface area contributed by atoms with Gasteiger partial charge >= 0.3 is 0 Å². The smallest absolute Gasteiger partial charge is 0.273 e. The summed E-state index contributed by atoms with van der Waals surface area (Å²) >= 11 is 0. The zero-order valence-corrected chi connectivity index (χ0v) is 21.1. The Balaban J connectivity index is 1.62. The first kappa shape index (κ1) is 23.9. The molecule has 35 heavy (non-hydrogen) atoms. The number of carbonyl (C=O) groups is 3. The Hall–Kier alpha value is -2.83. The fourth-order valence-electron chi connectivity index (χ4n) is 6.57. The van der Waals surface area contributed by atoms with Gasteiger partial charge in [-0.05, 0) is 38.7 Å². The Morgan fingerprint density at radius 3 is 2.26 bits per heavy atom. The second kappa shape index (κ2) is 9.67. The Kier molecular flexibility index (Phi) is 6.60. The molecule has 1 aliphatic heterocycles. The van der Waals surface area contributed by atoms with Crippen LogP contribution in [0.4, 0.5) is 5.69 Å². The predicted octanol–water partition coefficient (Wildman–Crippen LogP) is 4.99. The van der Waals surface area contributed by atoms with Crippen molar-refractivity contribution in [2.75, 3.05) is 5.32 Å². The zero-order valence-electron chi connectivity index (χ0n) is 21.1. The predicted molar refractivity (Wildman–Crippen MR) is 137 cm³/mol. The van der Waals surface area contributed by atoms with Crippen LogP contribution in [0.1, 0.15) is 95.0 Å². The standard InChI is InChI=1S/C28H38N4O3/c1-19(33)29-24-22-16-10-11-17-23(22)31-18-28(2,27(35)30-20-12-6-5-7-13-20)32(26(34)25(24)31)21-14-8-3-4-9-15-21/h10-11,16-17,20-21H,3-9,12-15,18H2,1-2H3,(H,29,33)(H,30,35). The molecule has 2 fully saturated rings. The fraction of sp³-hybridized carbons (Fsp3) is 0.607. The molecule has 7 heteroatoms. The van der Waals surface area contributed by atoms with Crippen LogP contribution < -0.4 is 10.6 Å². The fourth-order valence-corrected chi connectivity index (χ4v) is 6.57. The maximum atomic E-state index is 14.4. The van der Waals surface area contributed by atoms with Crippen molar-refractivity contribution in [1.82, 2.24) is 14.8 Å². The Bertz CT molecular complexity index is 1120. The highest BCUT2D eigenvalue weighted by Crippen LogP contribution is 2.41. The molecule has 2 saturated carbocycles. The number of hydrogen-bond donors (Lipinski definition) is 2. The third kappa shape index (κ3) is 4.34. The number of hydrogen-bond acceptors (Lipinski definition) is 3. The molecule has 2 aromatic rings. The summed E-state index contributed by atoms with van der Waals surface area (Å²) in [4.78, 5) is 42.4. The van der Waals surface area contributed by atoms with Crippen LogP contribution in [0.5, 0.6) is 0 Å². The summed E-state index contributed by atoms with van der Waals surface area (Å²) in [6.45, 7) is 3.80. The van der Waals surface area contributed by atoms with Crippen molar-refractivity contribution in [3.8, 4) is 0 Å². The van der Waals surface area contributed by atoms with Crippen molar-refractivity contribution in [1.29, 1.82) is 0 Å². The Labute approximate surface area is 207 Å². The number of aromatic nitrogens is 1. The summed E-state index contributed by atoms with van der Waals surface area (Å²) in [7, 11) is 0. The monoisotopic (exact) mass is 478 g/mol. The van der Waals surface area contributed by atoms with Crippen LogP contribution >= 0.6 is 0 Å². The van der Waals surface area contributed by atoms with Crippen molar-refractivity contribution >= 4 is 34.3 Å². The van der Waals surface area contributed by atoms with E-state index in [1.54, 1.807) is 0 Å². The lowest BCUT2D eigenvalue weighted by Crippen LogP contribution is -2.67. The van der Waals surface area contributed by atoms with E-state index in [2.05, 4.69) is 10.6 Å². The van der Waals surface area contributed by atoms with Crippen LogP contribution in [0.3, 0.4) is 0 Å². The molecule has 2 heterocycles. The summed E-state index contributed by atoms with van der Waals surface area (Å²) in [6.07, 6.45) is 11.8. The maximum Gasteiger partial charge on any atom is 0.273 e. The van der Waals surface area contributed by atoms with Gasteiger partial charge < -0.3 is 20.1 Å². The average molecular weight is 479 g/mol. The SMILES string of the molecule is CC(=O)Nc1c2n(c3ccccc13)CC(C)(C(=O)NC1CCCCC1)N(C1CCCCCC1)C2=O. The molecule has 2 aliphatic carbocycles. The lowest BCUT2D eigenvalue weighted by molar-refractivity contribution is -0.135. The highest BCUT2D eigenvalue weighted by Gasteiger charge is 2.51. The topological polar surface area (TPSA) is 83.4 Å². The largest absolute Gasteiger partial charge is 0.351 e. The van der Waals surface area contributed by atoms with Crippen molar-refractivity contribution in [2.24, 2.45) is 0 Å². The minimum Gasteiger partial charge on any atom is -0.351 e. The molecular weight excluding hydrogens is 440 g/mol. The second-order valence-corrected chi connectivity index (χ2v) is 10.9. The molecule has 0 radical (unpaired) electrons. The van der Waals surface area contributed by atoms with E-state index in [1.807, 2.05) is 40.7 Å². The van der Waals surface area contributed by atoms with Gasteiger partial charge in [0.15, 0.2) is 0 Å². The molecule has 1 aromatic carbocycles. The lowest BCUT2D eigenvalue weighted by Gasteiger charge is -2.48. The van der Waals surface area contributed by atoms with Gasteiger partial charge in [-0.1, -0.05) is 63.1 Å². The maximum absolute atomic E-state index is 14.4. The number of nitrogens with one attached hydrogen (secondary N) is 2. The van der Waals surface area contributed by atoms with Crippen LogP contribution in [0.25, 0.3) is 10.9 Å². The molecule has 0 spiro atoms. The Morgan fingerprint density at radius 2 is 1.57 bits per heavy atom. The minimum absolute atomic E-state index is 0.0176. The molecule has 5 rings (SSSR count). The lowest BCUT2D eigenvalue weighted by atomic mass is 9.88. The number of anilines is 1. The molecule has 3 amide bonds. The van der Waals surface area contributed by atoms with Gasteiger partial charge in [0.1, 0.15) is 11.2 Å². The number of nitrogens with zero attached hydrogens (tertiary/aromatic N) is 2. The third-order valence-electron chi connectivity index (χ3n) is 8.31. The minimum atomic E-state index is -0.994. The average Bonchev–Trinajstić information content (AvgIpc) is 2.98. The molecule has 188 valence electrons. The molecule has 1 aromatic heterocycles. The van der Waals surface area contributed by atoms with E-state index in [0.717, 1.165) is 62.3 Å². The molecular formula is C28H38N4O3. The van der Waals surface area contributed by atoms with Gasteiger partial charge in [-0.25, -0.2) is 0 Å². The molecule has 0 bridgehead atoms. The van der Waals surface area contributed by atoms with Crippen molar-refractivity contribution in [3.05, 3.63) is 30.0 Å².